The van der Waals surface area contributed by atoms with E-state index in [0.717, 1.165) is 0 Å². The first kappa shape index (κ1) is 24.4. The SMILES string of the molecule is CC(F)(F)C(F)(F)C(F)(F)C(C)(F)OCCOCC(F)(F)CS(=O)O. The summed E-state index contributed by atoms with van der Waals surface area (Å²) < 4.78 is 144. The third-order valence-corrected chi connectivity index (χ3v) is 3.42. The number of hydrogen-bond donors (Lipinski definition) is 1. The fourth-order valence-corrected chi connectivity index (χ4v) is 1.83. The number of halogens is 9. The van der Waals surface area contributed by atoms with Gasteiger partial charge in [-0.2, -0.15) is 26.3 Å². The molecule has 14 heteroatoms. The molecule has 0 amide bonds. The molecule has 0 aliphatic rings. The molecule has 0 saturated heterocycles. The minimum atomic E-state index is -6.09. The van der Waals surface area contributed by atoms with Crippen LogP contribution < -0.4 is 0 Å². The van der Waals surface area contributed by atoms with Crippen molar-refractivity contribution in [1.82, 2.24) is 0 Å². The van der Waals surface area contributed by atoms with Gasteiger partial charge in [0.2, 0.25) is 0 Å². The van der Waals surface area contributed by atoms with Crippen LogP contribution in [0, 0.1) is 0 Å². The summed E-state index contributed by atoms with van der Waals surface area (Å²) in [7, 11) is 0. The molecule has 0 spiro atoms. The summed E-state index contributed by atoms with van der Waals surface area (Å²) in [6.07, 6.45) is 0. The molecule has 0 aromatic heterocycles. The first-order valence-corrected chi connectivity index (χ1v) is 7.64. The van der Waals surface area contributed by atoms with E-state index in [1.807, 2.05) is 0 Å². The average molecular weight is 414 g/mol. The second-order valence-corrected chi connectivity index (χ2v) is 6.11. The van der Waals surface area contributed by atoms with Crippen molar-refractivity contribution >= 4 is 11.1 Å². The van der Waals surface area contributed by atoms with E-state index in [-0.39, 0.29) is 6.92 Å². The van der Waals surface area contributed by atoms with E-state index in [0.29, 0.717) is 0 Å². The Labute approximate surface area is 138 Å². The summed E-state index contributed by atoms with van der Waals surface area (Å²) in [6, 6.07) is 0. The van der Waals surface area contributed by atoms with E-state index in [1.54, 1.807) is 0 Å². The number of hydrogen-bond acceptors (Lipinski definition) is 3. The Bertz CT molecular complexity index is 465. The lowest BCUT2D eigenvalue weighted by Gasteiger charge is -2.37. The number of ether oxygens (including phenoxy) is 2. The maximum Gasteiger partial charge on any atom is 0.377 e. The molecule has 0 aromatic rings. The quantitative estimate of drug-likeness (QED) is 0.320. The fourth-order valence-electron chi connectivity index (χ4n) is 1.38. The third kappa shape index (κ3) is 6.25. The highest BCUT2D eigenvalue weighted by atomic mass is 32.2. The van der Waals surface area contributed by atoms with Gasteiger partial charge in [0.1, 0.15) is 12.4 Å². The standard InChI is InChI=1S/C11H15F9O4S/c1-7(12,13)10(17,18)11(19,20)8(2,14)24-4-3-23-5-9(15,16)6-25(21)22/h3-6H2,1-2H3,(H,21,22). The van der Waals surface area contributed by atoms with Crippen molar-refractivity contribution in [2.75, 3.05) is 25.6 Å². The zero-order valence-electron chi connectivity index (χ0n) is 12.8. The topological polar surface area (TPSA) is 55.8 Å². The van der Waals surface area contributed by atoms with Crippen molar-refractivity contribution in [2.45, 2.75) is 43.4 Å². The van der Waals surface area contributed by atoms with Crippen LogP contribution in [-0.4, -0.2) is 63.9 Å². The Balaban J connectivity index is 4.67. The van der Waals surface area contributed by atoms with E-state index >= 15 is 0 Å². The second kappa shape index (κ2) is 7.96. The van der Waals surface area contributed by atoms with Crippen molar-refractivity contribution in [3.8, 4) is 0 Å². The molecular weight excluding hydrogens is 399 g/mol. The summed E-state index contributed by atoms with van der Waals surface area (Å²) >= 11 is -2.86. The summed E-state index contributed by atoms with van der Waals surface area (Å²) in [5, 5.41) is 0. The minimum Gasteiger partial charge on any atom is -0.373 e. The van der Waals surface area contributed by atoms with Gasteiger partial charge in [-0.25, -0.2) is 17.4 Å². The normalized spacial score (nSPS) is 18.1. The smallest absolute Gasteiger partial charge is 0.373 e. The highest BCUT2D eigenvalue weighted by Gasteiger charge is 2.77. The Hall–Kier alpha value is -0.600. The van der Waals surface area contributed by atoms with Gasteiger partial charge in [-0.15, -0.1) is 0 Å². The van der Waals surface area contributed by atoms with E-state index < -0.39 is 73.1 Å². The number of alkyl halides is 9. The van der Waals surface area contributed by atoms with Crippen molar-refractivity contribution in [3.63, 3.8) is 0 Å². The van der Waals surface area contributed by atoms with E-state index in [2.05, 4.69) is 9.47 Å². The van der Waals surface area contributed by atoms with Crippen molar-refractivity contribution in [1.29, 1.82) is 0 Å². The molecule has 0 heterocycles. The molecule has 0 fully saturated rings. The summed E-state index contributed by atoms with van der Waals surface area (Å²) in [6.45, 7) is -4.49. The van der Waals surface area contributed by atoms with Gasteiger partial charge in [0.15, 0.2) is 11.1 Å². The van der Waals surface area contributed by atoms with Crippen LogP contribution in [0.15, 0.2) is 0 Å². The second-order valence-electron chi connectivity index (χ2n) is 5.18. The Morgan fingerprint density at radius 3 is 1.76 bits per heavy atom. The van der Waals surface area contributed by atoms with Crippen LogP contribution in [0.1, 0.15) is 13.8 Å². The lowest BCUT2D eigenvalue weighted by Crippen LogP contribution is -2.62. The zero-order chi connectivity index (χ0) is 20.3. The molecule has 2 unspecified atom stereocenters. The predicted octanol–water partition coefficient (Wildman–Crippen LogP) is 3.49. The summed E-state index contributed by atoms with van der Waals surface area (Å²) in [4.78, 5) is 0. The van der Waals surface area contributed by atoms with Crippen LogP contribution in [0.2, 0.25) is 0 Å². The molecule has 25 heavy (non-hydrogen) atoms. The predicted molar refractivity (Wildman–Crippen MR) is 67.4 cm³/mol. The lowest BCUT2D eigenvalue weighted by molar-refractivity contribution is -0.383. The highest BCUT2D eigenvalue weighted by molar-refractivity contribution is 7.79. The summed E-state index contributed by atoms with van der Waals surface area (Å²) in [5.41, 5.74) is 0. The van der Waals surface area contributed by atoms with Crippen LogP contribution in [0.3, 0.4) is 0 Å². The van der Waals surface area contributed by atoms with Crippen LogP contribution in [0.5, 0.6) is 0 Å². The molecule has 0 rings (SSSR count). The Kier molecular flexibility index (Phi) is 7.77. The molecule has 0 aromatic carbocycles. The van der Waals surface area contributed by atoms with Crippen LogP contribution in [-0.2, 0) is 20.6 Å². The Morgan fingerprint density at radius 2 is 1.36 bits per heavy atom. The van der Waals surface area contributed by atoms with Gasteiger partial charge in [-0.05, 0) is 0 Å². The number of rotatable bonds is 11. The molecule has 0 aliphatic carbocycles. The van der Waals surface area contributed by atoms with Crippen molar-refractivity contribution in [2.24, 2.45) is 0 Å². The van der Waals surface area contributed by atoms with Gasteiger partial charge in [-0.3, -0.25) is 0 Å². The lowest BCUT2D eigenvalue weighted by atomic mass is 10.00. The molecule has 152 valence electrons. The van der Waals surface area contributed by atoms with E-state index in [4.69, 9.17) is 4.55 Å². The molecule has 0 bridgehead atoms. The maximum absolute atomic E-state index is 13.7. The van der Waals surface area contributed by atoms with Crippen molar-refractivity contribution in [3.05, 3.63) is 0 Å². The molecule has 0 aliphatic heterocycles. The van der Waals surface area contributed by atoms with Gasteiger partial charge in [0.25, 0.3) is 11.8 Å². The van der Waals surface area contributed by atoms with Gasteiger partial charge in [-0.1, -0.05) is 0 Å². The van der Waals surface area contributed by atoms with Gasteiger partial charge >= 0.3 is 17.8 Å². The maximum atomic E-state index is 13.7. The fraction of sp³-hybridized carbons (Fsp3) is 1.00. The van der Waals surface area contributed by atoms with Crippen molar-refractivity contribution < 1.29 is 57.7 Å². The van der Waals surface area contributed by atoms with Gasteiger partial charge in [0.05, 0.1) is 13.2 Å². The molecular formula is C11H15F9O4S. The van der Waals surface area contributed by atoms with Gasteiger partial charge in [0, 0.05) is 13.8 Å². The monoisotopic (exact) mass is 414 g/mol. The molecule has 2 atom stereocenters. The largest absolute Gasteiger partial charge is 0.377 e. The van der Waals surface area contributed by atoms with Crippen LogP contribution >= 0.6 is 0 Å². The van der Waals surface area contributed by atoms with Crippen LogP contribution in [0.4, 0.5) is 39.5 Å². The Morgan fingerprint density at radius 1 is 0.880 bits per heavy atom. The van der Waals surface area contributed by atoms with E-state index in [1.165, 1.54) is 0 Å². The zero-order valence-corrected chi connectivity index (χ0v) is 13.6. The molecule has 0 saturated carbocycles. The molecule has 0 radical (unpaired) electrons. The van der Waals surface area contributed by atoms with E-state index in [9.17, 15) is 43.7 Å². The molecule has 1 N–H and O–H groups in total. The molecule has 4 nitrogen and oxygen atoms in total. The first-order valence-electron chi connectivity index (χ1n) is 6.37. The first-order chi connectivity index (χ1) is 10.9. The van der Waals surface area contributed by atoms with Crippen LogP contribution in [0.25, 0.3) is 0 Å². The third-order valence-electron chi connectivity index (χ3n) is 2.76. The highest BCUT2D eigenvalue weighted by Crippen LogP contribution is 2.51. The average Bonchev–Trinajstić information content (AvgIpc) is 2.34. The summed E-state index contributed by atoms with van der Waals surface area (Å²) in [5.74, 6) is -27.1. The van der Waals surface area contributed by atoms with Gasteiger partial charge < -0.3 is 14.0 Å². The minimum absolute atomic E-state index is 0.226.